The van der Waals surface area contributed by atoms with Gasteiger partial charge in [-0.1, -0.05) is 11.3 Å². The summed E-state index contributed by atoms with van der Waals surface area (Å²) >= 11 is 1.52. The first-order chi connectivity index (χ1) is 17.6. The number of furan rings is 1. The maximum absolute atomic E-state index is 13.3. The Hall–Kier alpha value is -2.80. The van der Waals surface area contributed by atoms with Crippen molar-refractivity contribution in [3.8, 4) is 5.75 Å². The molecule has 0 radical (unpaired) electrons. The fourth-order valence-corrected chi connectivity index (χ4v) is 7.00. The lowest BCUT2D eigenvalue weighted by molar-refractivity contribution is 0.0784. The number of nitrogens with zero attached hydrogens (tertiary/aromatic N) is 5. The summed E-state index contributed by atoms with van der Waals surface area (Å²) in [7, 11) is 0.938. The first-order valence-corrected chi connectivity index (χ1v) is 14.3. The molecule has 3 aromatic rings. The number of amides is 1. The van der Waals surface area contributed by atoms with Gasteiger partial charge >= 0.3 is 0 Å². The zero-order chi connectivity index (χ0) is 26.7. The lowest BCUT2D eigenvalue weighted by Crippen LogP contribution is -2.28. The van der Waals surface area contributed by atoms with Crippen LogP contribution in [0.5, 0.6) is 5.75 Å². The zero-order valence-electron chi connectivity index (χ0n) is 21.9. The molecule has 1 aliphatic rings. The van der Waals surface area contributed by atoms with Gasteiger partial charge in [0.05, 0.1) is 37.2 Å². The molecule has 0 saturated carbocycles. The van der Waals surface area contributed by atoms with Gasteiger partial charge in [0.25, 0.3) is 5.91 Å². The van der Waals surface area contributed by atoms with Crippen LogP contribution in [0, 0.1) is 13.8 Å². The average Bonchev–Trinajstić information content (AvgIpc) is 3.61. The van der Waals surface area contributed by atoms with E-state index in [1.165, 1.54) is 41.8 Å². The van der Waals surface area contributed by atoms with Crippen LogP contribution in [0.3, 0.4) is 0 Å². The summed E-state index contributed by atoms with van der Waals surface area (Å²) in [6.07, 6.45) is 3.80. The fraction of sp³-hybridized carbons (Fsp3) is 0.480. The molecule has 1 saturated heterocycles. The van der Waals surface area contributed by atoms with Crippen LogP contribution in [0.25, 0.3) is 0 Å². The van der Waals surface area contributed by atoms with Crippen molar-refractivity contribution >= 4 is 27.3 Å². The molecule has 0 spiro atoms. The summed E-state index contributed by atoms with van der Waals surface area (Å²) in [4.78, 5) is 17.1. The van der Waals surface area contributed by atoms with Crippen molar-refractivity contribution in [2.24, 2.45) is 0 Å². The van der Waals surface area contributed by atoms with Gasteiger partial charge in [-0.15, -0.1) is 10.2 Å². The van der Waals surface area contributed by atoms with Crippen LogP contribution < -0.4 is 4.74 Å². The topological polar surface area (TPSA) is 109 Å². The van der Waals surface area contributed by atoms with Gasteiger partial charge in [0.15, 0.2) is 0 Å². The third-order valence-electron chi connectivity index (χ3n) is 6.40. The van der Waals surface area contributed by atoms with Gasteiger partial charge < -0.3 is 14.1 Å². The minimum absolute atomic E-state index is 0.0134. The Bertz CT molecular complexity index is 1340. The van der Waals surface area contributed by atoms with Crippen molar-refractivity contribution in [1.82, 2.24) is 24.3 Å². The summed E-state index contributed by atoms with van der Waals surface area (Å²) in [5.74, 6) is 0.736. The second-order valence-corrected chi connectivity index (χ2v) is 12.5. The number of likely N-dealkylation sites (tertiary alicyclic amines) is 1. The molecule has 10 nitrogen and oxygen atoms in total. The van der Waals surface area contributed by atoms with Gasteiger partial charge in [0, 0.05) is 14.1 Å². The average molecular weight is 548 g/mol. The highest BCUT2D eigenvalue weighted by Crippen LogP contribution is 2.28. The smallest absolute Gasteiger partial charge is 0.257 e. The highest BCUT2D eigenvalue weighted by molar-refractivity contribution is 7.89. The summed E-state index contributed by atoms with van der Waals surface area (Å²) in [5.41, 5.74) is 1.55. The Kier molecular flexibility index (Phi) is 8.32. The molecule has 4 rings (SSSR count). The zero-order valence-corrected chi connectivity index (χ0v) is 23.5. The molecular weight excluding hydrogens is 514 g/mol. The normalized spacial score (nSPS) is 14.4. The number of hydrogen-bond donors (Lipinski definition) is 0. The van der Waals surface area contributed by atoms with E-state index in [1.807, 2.05) is 0 Å². The number of aromatic nitrogens is 2. The molecule has 1 aromatic carbocycles. The van der Waals surface area contributed by atoms with E-state index in [-0.39, 0.29) is 17.3 Å². The van der Waals surface area contributed by atoms with Gasteiger partial charge in [-0.05, 0) is 69.1 Å². The molecular formula is C25H33N5O5S2. The molecule has 12 heteroatoms. The van der Waals surface area contributed by atoms with E-state index >= 15 is 0 Å². The van der Waals surface area contributed by atoms with Gasteiger partial charge in [-0.25, -0.2) is 8.42 Å². The number of benzene rings is 1. The maximum atomic E-state index is 13.3. The molecule has 1 aliphatic heterocycles. The van der Waals surface area contributed by atoms with E-state index in [2.05, 4.69) is 15.1 Å². The van der Waals surface area contributed by atoms with E-state index in [0.29, 0.717) is 34.7 Å². The second-order valence-electron chi connectivity index (χ2n) is 9.39. The molecule has 2 aromatic heterocycles. The van der Waals surface area contributed by atoms with Crippen molar-refractivity contribution < 1.29 is 22.4 Å². The van der Waals surface area contributed by atoms with Gasteiger partial charge in [-0.3, -0.25) is 9.69 Å². The van der Waals surface area contributed by atoms with Crippen LogP contribution in [0.15, 0.2) is 33.8 Å². The molecule has 200 valence electrons. The van der Waals surface area contributed by atoms with Crippen molar-refractivity contribution in [2.45, 2.75) is 51.2 Å². The minimum atomic E-state index is -3.79. The van der Waals surface area contributed by atoms with Crippen molar-refractivity contribution in [1.29, 1.82) is 0 Å². The number of methoxy groups -OCH3 is 1. The standard InChI is InChI=1S/C25H33N5O5S2/c1-17-10-20(34-5)11-18(2)24(17)37(32,33)29(4)13-21-12-19(16-35-21)25(31)28(3)14-22-26-27-23(36-22)15-30-8-6-7-9-30/h10-12,16H,6-9,13-15H2,1-5H3. The monoisotopic (exact) mass is 547 g/mol. The molecule has 0 atom stereocenters. The van der Waals surface area contributed by atoms with Crippen molar-refractivity contribution in [2.75, 3.05) is 34.3 Å². The van der Waals surface area contributed by atoms with Gasteiger partial charge in [0.1, 0.15) is 27.8 Å². The highest BCUT2D eigenvalue weighted by Gasteiger charge is 2.27. The molecule has 37 heavy (non-hydrogen) atoms. The van der Waals surface area contributed by atoms with Crippen LogP contribution in [0.2, 0.25) is 0 Å². The van der Waals surface area contributed by atoms with E-state index < -0.39 is 10.0 Å². The summed E-state index contributed by atoms with van der Waals surface area (Å²) in [5, 5.41) is 10.2. The minimum Gasteiger partial charge on any atom is -0.497 e. The number of sulfonamides is 1. The third kappa shape index (κ3) is 6.20. The number of aryl methyl sites for hydroxylation is 2. The summed E-state index contributed by atoms with van der Waals surface area (Å²) in [6.45, 7) is 6.78. The van der Waals surface area contributed by atoms with Gasteiger partial charge in [-0.2, -0.15) is 4.31 Å². The highest BCUT2D eigenvalue weighted by atomic mass is 32.2. The van der Waals surface area contributed by atoms with E-state index in [0.717, 1.165) is 29.6 Å². The molecule has 1 fully saturated rings. The number of rotatable bonds is 10. The largest absolute Gasteiger partial charge is 0.497 e. The number of ether oxygens (including phenoxy) is 1. The fourth-order valence-electron chi connectivity index (χ4n) is 4.51. The number of carbonyl (C=O) groups is 1. The first-order valence-electron chi connectivity index (χ1n) is 12.1. The molecule has 3 heterocycles. The molecule has 0 aliphatic carbocycles. The maximum Gasteiger partial charge on any atom is 0.257 e. The molecule has 0 unspecified atom stereocenters. The number of carbonyl (C=O) groups excluding carboxylic acids is 1. The van der Waals surface area contributed by atoms with E-state index in [9.17, 15) is 13.2 Å². The molecule has 1 amide bonds. The van der Waals surface area contributed by atoms with Crippen LogP contribution >= 0.6 is 11.3 Å². The Morgan fingerprint density at radius 2 is 1.73 bits per heavy atom. The second kappa shape index (κ2) is 11.3. The first kappa shape index (κ1) is 27.2. The molecule has 0 bridgehead atoms. The Morgan fingerprint density at radius 3 is 2.38 bits per heavy atom. The SMILES string of the molecule is COc1cc(C)c(S(=O)(=O)N(C)Cc2cc(C(=O)N(C)Cc3nnc(CN4CCCC4)s3)co2)c(C)c1. The predicted octanol–water partition coefficient (Wildman–Crippen LogP) is 3.45. The number of hydrogen-bond acceptors (Lipinski definition) is 9. The summed E-state index contributed by atoms with van der Waals surface area (Å²) < 4.78 is 38.6. The lowest BCUT2D eigenvalue weighted by atomic mass is 10.1. The Labute approximate surface area is 221 Å². The summed E-state index contributed by atoms with van der Waals surface area (Å²) in [6, 6.07) is 4.97. The lowest BCUT2D eigenvalue weighted by Gasteiger charge is -2.19. The van der Waals surface area contributed by atoms with Gasteiger partial charge in [0.2, 0.25) is 10.0 Å². The third-order valence-corrected chi connectivity index (χ3v) is 9.40. The predicted molar refractivity (Wildman–Crippen MR) is 140 cm³/mol. The Balaban J connectivity index is 1.39. The van der Waals surface area contributed by atoms with Crippen LogP contribution in [-0.4, -0.2) is 72.9 Å². The quantitative estimate of drug-likeness (QED) is 0.380. The van der Waals surface area contributed by atoms with Crippen molar-refractivity contribution in [3.05, 3.63) is 56.9 Å². The van der Waals surface area contributed by atoms with Crippen LogP contribution in [0.4, 0.5) is 0 Å². The Morgan fingerprint density at radius 1 is 1.08 bits per heavy atom. The van der Waals surface area contributed by atoms with E-state index in [1.54, 1.807) is 51.1 Å². The van der Waals surface area contributed by atoms with Crippen LogP contribution in [-0.2, 0) is 29.7 Å². The van der Waals surface area contributed by atoms with Crippen molar-refractivity contribution in [3.63, 3.8) is 0 Å². The van der Waals surface area contributed by atoms with Crippen LogP contribution in [0.1, 0.15) is 50.1 Å². The van der Waals surface area contributed by atoms with E-state index in [4.69, 9.17) is 9.15 Å². The molecule has 0 N–H and O–H groups in total.